The van der Waals surface area contributed by atoms with E-state index in [1.807, 2.05) is 0 Å². The van der Waals surface area contributed by atoms with Crippen molar-refractivity contribution in [1.82, 2.24) is 4.31 Å². The van der Waals surface area contributed by atoms with Gasteiger partial charge in [0.05, 0.1) is 11.5 Å². The fourth-order valence-electron chi connectivity index (χ4n) is 1.49. The topological polar surface area (TPSA) is 107 Å². The Morgan fingerprint density at radius 2 is 2.10 bits per heavy atom. The minimum Gasteiger partial charge on any atom is -0.465 e. The van der Waals surface area contributed by atoms with E-state index < -0.39 is 38.0 Å². The predicted molar refractivity (Wildman–Crippen MR) is 77.2 cm³/mol. The van der Waals surface area contributed by atoms with Gasteiger partial charge in [0.1, 0.15) is 6.54 Å². The minimum atomic E-state index is -4.19. The first kappa shape index (κ1) is 17.5. The van der Waals surface area contributed by atoms with Gasteiger partial charge in [0.15, 0.2) is 4.90 Å². The van der Waals surface area contributed by atoms with E-state index in [2.05, 4.69) is 20.7 Å². The van der Waals surface area contributed by atoms with Crippen molar-refractivity contribution in [2.45, 2.75) is 11.8 Å². The number of likely N-dealkylation sites (N-methyl/N-ethyl adjacent to an activating group) is 1. The molecule has 0 atom stereocenters. The van der Waals surface area contributed by atoms with E-state index >= 15 is 0 Å². The van der Waals surface area contributed by atoms with Crippen molar-refractivity contribution in [2.24, 2.45) is 0 Å². The molecule has 0 aromatic heterocycles. The first-order chi connectivity index (χ1) is 9.70. The van der Waals surface area contributed by atoms with Crippen LogP contribution < -0.4 is 0 Å². The van der Waals surface area contributed by atoms with Crippen LogP contribution in [0.1, 0.15) is 6.92 Å². The molecule has 0 aliphatic rings. The third kappa shape index (κ3) is 4.22. The fourth-order valence-corrected chi connectivity index (χ4v) is 3.29. The zero-order chi connectivity index (χ0) is 16.2. The lowest BCUT2D eigenvalue weighted by molar-refractivity contribution is -0.387. The van der Waals surface area contributed by atoms with Crippen molar-refractivity contribution in [3.8, 4) is 0 Å². The number of nitro benzene ring substituents is 1. The van der Waals surface area contributed by atoms with Gasteiger partial charge in [-0.25, -0.2) is 8.42 Å². The van der Waals surface area contributed by atoms with Crippen LogP contribution in [0.3, 0.4) is 0 Å². The third-order valence-electron chi connectivity index (χ3n) is 2.46. The number of carbonyl (C=O) groups excluding carboxylic acids is 1. The van der Waals surface area contributed by atoms with E-state index in [1.165, 1.54) is 6.07 Å². The zero-order valence-corrected chi connectivity index (χ0v) is 13.7. The van der Waals surface area contributed by atoms with Crippen molar-refractivity contribution in [2.75, 3.05) is 20.2 Å². The average Bonchev–Trinajstić information content (AvgIpc) is 2.38. The molecule has 0 aliphatic heterocycles. The van der Waals surface area contributed by atoms with Crippen LogP contribution >= 0.6 is 15.9 Å². The second-order valence-electron chi connectivity index (χ2n) is 3.94. The fraction of sp³-hybridized carbons (Fsp3) is 0.364. The summed E-state index contributed by atoms with van der Waals surface area (Å²) in [7, 11) is -3.04. The van der Waals surface area contributed by atoms with Crippen molar-refractivity contribution in [3.63, 3.8) is 0 Å². The second kappa shape index (κ2) is 6.96. The molecular formula is C11H13BrN2O6S. The molecule has 1 rings (SSSR count). The number of carbonyl (C=O) groups is 1. The van der Waals surface area contributed by atoms with E-state index in [9.17, 15) is 23.3 Å². The smallest absolute Gasteiger partial charge is 0.321 e. The van der Waals surface area contributed by atoms with E-state index in [1.54, 1.807) is 6.92 Å². The van der Waals surface area contributed by atoms with Crippen molar-refractivity contribution >= 4 is 37.6 Å². The highest BCUT2D eigenvalue weighted by Crippen LogP contribution is 2.29. The van der Waals surface area contributed by atoms with Gasteiger partial charge in [0.2, 0.25) is 10.0 Å². The quantitative estimate of drug-likeness (QED) is 0.420. The van der Waals surface area contributed by atoms with Gasteiger partial charge in [-0.05, 0) is 19.1 Å². The molecule has 0 fully saturated rings. The number of nitro groups is 1. The molecule has 0 saturated carbocycles. The number of ether oxygens (including phenoxy) is 1. The predicted octanol–water partition coefficient (Wildman–Crippen LogP) is 1.54. The molecule has 0 N–H and O–H groups in total. The number of benzene rings is 1. The Balaban J connectivity index is 3.21. The third-order valence-corrected chi connectivity index (χ3v) is 4.79. The van der Waals surface area contributed by atoms with Crippen LogP contribution in [0, 0.1) is 10.1 Å². The van der Waals surface area contributed by atoms with Gasteiger partial charge in [-0.2, -0.15) is 4.31 Å². The normalized spacial score (nSPS) is 11.4. The number of halogens is 1. The van der Waals surface area contributed by atoms with Crippen LogP contribution in [0.2, 0.25) is 0 Å². The largest absolute Gasteiger partial charge is 0.465 e. The molecule has 8 nitrogen and oxygen atoms in total. The molecule has 0 amide bonds. The summed E-state index contributed by atoms with van der Waals surface area (Å²) in [5, 5.41) is 10.9. The second-order valence-corrected chi connectivity index (χ2v) is 6.86. The number of hydrogen-bond donors (Lipinski definition) is 0. The van der Waals surface area contributed by atoms with Crippen molar-refractivity contribution < 1.29 is 22.9 Å². The number of rotatable bonds is 6. The van der Waals surface area contributed by atoms with Gasteiger partial charge in [0.25, 0.3) is 5.69 Å². The van der Waals surface area contributed by atoms with E-state index in [0.717, 1.165) is 19.2 Å². The molecule has 0 aliphatic carbocycles. The standard InChI is InChI=1S/C11H13BrN2O6S/c1-3-20-11(15)7-13(2)21(18,19)10-6-8(12)4-5-9(10)14(16)17/h4-6H,3,7H2,1-2H3. The van der Waals surface area contributed by atoms with Crippen molar-refractivity contribution in [3.05, 3.63) is 32.8 Å². The van der Waals surface area contributed by atoms with Crippen LogP contribution in [0.15, 0.2) is 27.6 Å². The maximum atomic E-state index is 12.3. The molecule has 0 spiro atoms. The van der Waals surface area contributed by atoms with Crippen LogP contribution in [0.5, 0.6) is 0 Å². The number of sulfonamides is 1. The lowest BCUT2D eigenvalue weighted by atomic mass is 10.3. The van der Waals surface area contributed by atoms with Gasteiger partial charge in [-0.1, -0.05) is 15.9 Å². The number of esters is 1. The first-order valence-electron chi connectivity index (χ1n) is 5.76. The summed E-state index contributed by atoms with van der Waals surface area (Å²) in [6, 6.07) is 3.56. The highest BCUT2D eigenvalue weighted by atomic mass is 79.9. The Hall–Kier alpha value is -1.52. The number of nitrogens with zero attached hydrogens (tertiary/aromatic N) is 2. The van der Waals surface area contributed by atoms with Crippen LogP contribution in [-0.2, 0) is 19.6 Å². The summed E-state index contributed by atoms with van der Waals surface area (Å²) >= 11 is 3.07. The Morgan fingerprint density at radius 3 is 2.62 bits per heavy atom. The first-order valence-corrected chi connectivity index (χ1v) is 7.99. The lowest BCUT2D eigenvalue weighted by Gasteiger charge is -2.16. The van der Waals surface area contributed by atoms with Gasteiger partial charge in [-0.15, -0.1) is 0 Å². The van der Waals surface area contributed by atoms with E-state index in [4.69, 9.17) is 0 Å². The lowest BCUT2D eigenvalue weighted by Crippen LogP contribution is -2.33. The number of hydrogen-bond acceptors (Lipinski definition) is 6. The summed E-state index contributed by atoms with van der Waals surface area (Å²) in [4.78, 5) is 21.0. The minimum absolute atomic E-state index is 0.115. The van der Waals surface area contributed by atoms with E-state index in [-0.39, 0.29) is 6.61 Å². The molecule has 0 radical (unpaired) electrons. The summed E-state index contributed by atoms with van der Waals surface area (Å²) in [6.45, 7) is 1.18. The van der Waals surface area contributed by atoms with Gasteiger partial charge in [-0.3, -0.25) is 14.9 Å². The zero-order valence-electron chi connectivity index (χ0n) is 11.3. The molecule has 1 aromatic carbocycles. The van der Waals surface area contributed by atoms with Crippen molar-refractivity contribution in [1.29, 1.82) is 0 Å². The summed E-state index contributed by atoms with van der Waals surface area (Å²) in [5.41, 5.74) is -0.561. The summed E-state index contributed by atoms with van der Waals surface area (Å²) < 4.78 is 30.4. The molecular weight excluding hydrogens is 368 g/mol. The Kier molecular flexibility index (Phi) is 5.81. The summed E-state index contributed by atoms with van der Waals surface area (Å²) in [5.74, 6) is -0.735. The molecule has 0 saturated heterocycles. The maximum Gasteiger partial charge on any atom is 0.321 e. The van der Waals surface area contributed by atoms with Gasteiger partial charge >= 0.3 is 5.97 Å². The average molecular weight is 381 g/mol. The molecule has 0 unspecified atom stereocenters. The Labute approximate surface area is 130 Å². The monoisotopic (exact) mass is 380 g/mol. The molecule has 1 aromatic rings. The highest BCUT2D eigenvalue weighted by molar-refractivity contribution is 9.10. The molecule has 10 heteroatoms. The maximum absolute atomic E-state index is 12.3. The Bertz CT molecular complexity index is 661. The highest BCUT2D eigenvalue weighted by Gasteiger charge is 2.31. The SMILES string of the molecule is CCOC(=O)CN(C)S(=O)(=O)c1cc(Br)ccc1[N+](=O)[O-]. The summed E-state index contributed by atoms with van der Waals surface area (Å²) in [6.07, 6.45) is 0. The molecule has 0 bridgehead atoms. The van der Waals surface area contributed by atoms with Crippen LogP contribution in [0.25, 0.3) is 0 Å². The van der Waals surface area contributed by atoms with E-state index in [0.29, 0.717) is 8.78 Å². The van der Waals surface area contributed by atoms with Crippen LogP contribution in [0.4, 0.5) is 5.69 Å². The molecule has 21 heavy (non-hydrogen) atoms. The van der Waals surface area contributed by atoms with Gasteiger partial charge in [0, 0.05) is 17.6 Å². The van der Waals surface area contributed by atoms with Gasteiger partial charge < -0.3 is 4.74 Å². The van der Waals surface area contributed by atoms with Crippen LogP contribution in [-0.4, -0.2) is 43.8 Å². The Morgan fingerprint density at radius 1 is 1.48 bits per heavy atom. The molecule has 0 heterocycles. The molecule has 116 valence electrons.